The minimum absolute atomic E-state index is 0.0241. The average Bonchev–Trinajstić information content (AvgIpc) is 3.05. The molecule has 1 aliphatic heterocycles. The van der Waals surface area contributed by atoms with Gasteiger partial charge in [-0.25, -0.2) is 31.9 Å². The van der Waals surface area contributed by atoms with Gasteiger partial charge in [0, 0.05) is 24.7 Å². The van der Waals surface area contributed by atoms with Crippen molar-refractivity contribution in [2.24, 2.45) is 0 Å². The molecule has 174 valence electrons. The Bertz CT molecular complexity index is 1250. The van der Waals surface area contributed by atoms with E-state index in [4.69, 9.17) is 0 Å². The number of aliphatic hydroxyl groups is 1. The highest BCUT2D eigenvalue weighted by Crippen LogP contribution is 2.41. The van der Waals surface area contributed by atoms with Gasteiger partial charge in [0.25, 0.3) is 11.9 Å². The Morgan fingerprint density at radius 1 is 1.21 bits per heavy atom. The van der Waals surface area contributed by atoms with Crippen LogP contribution in [-0.2, 0) is 0 Å². The van der Waals surface area contributed by atoms with Gasteiger partial charge in [-0.15, -0.1) is 5.10 Å². The molecule has 3 heterocycles. The maximum atomic E-state index is 14.4. The van der Waals surface area contributed by atoms with Crippen LogP contribution in [0.15, 0.2) is 30.5 Å². The molecule has 0 radical (unpaired) electrons. The quantitative estimate of drug-likeness (QED) is 0.512. The first-order valence-electron chi connectivity index (χ1n) is 10.0. The third-order valence-corrected chi connectivity index (χ3v) is 5.69. The molecule has 3 aromatic rings. The van der Waals surface area contributed by atoms with Gasteiger partial charge in [0.1, 0.15) is 29.2 Å². The van der Waals surface area contributed by atoms with Gasteiger partial charge in [-0.2, -0.15) is 4.39 Å². The predicted molar refractivity (Wildman–Crippen MR) is 106 cm³/mol. The molecule has 33 heavy (non-hydrogen) atoms. The molecule has 3 N–H and O–H groups in total. The van der Waals surface area contributed by atoms with E-state index in [0.717, 1.165) is 22.7 Å². The van der Waals surface area contributed by atoms with E-state index in [1.54, 1.807) is 0 Å². The topological polar surface area (TPSA) is 94.8 Å². The van der Waals surface area contributed by atoms with Gasteiger partial charge in [-0.05, 0) is 30.7 Å². The maximum absolute atomic E-state index is 14.4. The third-order valence-electron chi connectivity index (χ3n) is 5.69. The van der Waals surface area contributed by atoms with Crippen molar-refractivity contribution in [3.05, 3.63) is 53.6 Å². The number of fused-ring (bicyclic) bond motifs is 1. The average molecular weight is 468 g/mol. The second kappa shape index (κ2) is 7.54. The second-order valence-corrected chi connectivity index (χ2v) is 8.06. The summed E-state index contributed by atoms with van der Waals surface area (Å²) in [6, 6.07) is 1.31. The lowest BCUT2D eigenvalue weighted by Crippen LogP contribution is -2.33. The van der Waals surface area contributed by atoms with Crippen LogP contribution in [0.3, 0.4) is 0 Å². The minimum atomic E-state index is -3.00. The van der Waals surface area contributed by atoms with E-state index < -0.39 is 59.8 Å². The molecule has 1 saturated heterocycles. The van der Waals surface area contributed by atoms with Crippen LogP contribution in [-0.4, -0.2) is 50.3 Å². The number of hydrogen-bond donors (Lipinski definition) is 3. The van der Waals surface area contributed by atoms with Gasteiger partial charge in [-0.1, -0.05) is 0 Å². The van der Waals surface area contributed by atoms with Crippen molar-refractivity contribution in [1.29, 1.82) is 0 Å². The number of rotatable bonds is 4. The van der Waals surface area contributed by atoms with E-state index in [0.29, 0.717) is 0 Å². The summed E-state index contributed by atoms with van der Waals surface area (Å²) in [4.78, 5) is 17.8. The van der Waals surface area contributed by atoms with Crippen molar-refractivity contribution in [3.63, 3.8) is 0 Å². The van der Waals surface area contributed by atoms with Gasteiger partial charge in [0.2, 0.25) is 0 Å². The standard InChI is InChI=1S/C20H17F5N6O2/c21-9-1-2-12(22)11(5-9)13-6-10(32)8-30(13)15-3-4-31-18(27-15)16(17(23)29-31)28-19(33)26-14-7-20(14,24)25/h1-5,10,13-14,32H,6-8H2,(H2,26,28,33)/t10-,13-,14?/m1/s1. The van der Waals surface area contributed by atoms with Crippen molar-refractivity contribution in [2.75, 3.05) is 16.8 Å². The fraction of sp³-hybridized carbons (Fsp3) is 0.350. The number of β-amino-alcohol motifs (C(OH)–C–C–N with tert-alkyl or cyclic N) is 1. The number of urea groups is 1. The van der Waals surface area contributed by atoms with Crippen molar-refractivity contribution in [3.8, 4) is 0 Å². The number of benzene rings is 1. The van der Waals surface area contributed by atoms with Gasteiger partial charge >= 0.3 is 6.03 Å². The fourth-order valence-electron chi connectivity index (χ4n) is 3.97. The Kier molecular flexibility index (Phi) is 4.88. The first kappa shape index (κ1) is 21.4. The van der Waals surface area contributed by atoms with Crippen LogP contribution >= 0.6 is 0 Å². The number of nitrogens with zero attached hydrogens (tertiary/aromatic N) is 4. The number of carbonyl (C=O) groups is 1. The molecule has 8 nitrogen and oxygen atoms in total. The molecule has 1 saturated carbocycles. The van der Waals surface area contributed by atoms with E-state index in [9.17, 15) is 31.9 Å². The van der Waals surface area contributed by atoms with Crippen molar-refractivity contribution in [2.45, 2.75) is 37.0 Å². The monoisotopic (exact) mass is 468 g/mol. The van der Waals surface area contributed by atoms with Crippen molar-refractivity contribution >= 4 is 23.2 Å². The Labute approximate surface area is 183 Å². The van der Waals surface area contributed by atoms with Crippen LogP contribution in [0.2, 0.25) is 0 Å². The zero-order valence-electron chi connectivity index (χ0n) is 16.8. The van der Waals surface area contributed by atoms with Crippen LogP contribution in [0.1, 0.15) is 24.4 Å². The van der Waals surface area contributed by atoms with Crippen molar-refractivity contribution < 1.29 is 31.9 Å². The van der Waals surface area contributed by atoms with Crippen LogP contribution in [0.5, 0.6) is 0 Å². The third kappa shape index (κ3) is 3.92. The summed E-state index contributed by atoms with van der Waals surface area (Å²) in [6.45, 7) is 0.0421. The molecular formula is C20H17F5N6O2. The molecule has 2 aliphatic rings. The molecule has 1 aromatic carbocycles. The first-order valence-corrected chi connectivity index (χ1v) is 10.0. The predicted octanol–water partition coefficient (Wildman–Crippen LogP) is 2.99. The van der Waals surface area contributed by atoms with Crippen LogP contribution in [0.25, 0.3) is 5.65 Å². The SMILES string of the molecule is O=C(Nc1c(F)nn2ccc(N3C[C@H](O)C[C@@H]3c3cc(F)ccc3F)nc12)NC1CC1(F)F. The number of aromatic nitrogens is 3. The fourth-order valence-corrected chi connectivity index (χ4v) is 3.97. The normalized spacial score (nSPS) is 23.7. The summed E-state index contributed by atoms with van der Waals surface area (Å²) in [6.07, 6.45) is 0.0722. The van der Waals surface area contributed by atoms with Gasteiger partial charge in [-0.3, -0.25) is 0 Å². The zero-order chi connectivity index (χ0) is 23.5. The maximum Gasteiger partial charge on any atom is 0.319 e. The number of alkyl halides is 2. The number of halogens is 5. The van der Waals surface area contributed by atoms with Crippen LogP contribution in [0, 0.1) is 17.6 Å². The highest BCUT2D eigenvalue weighted by molar-refractivity contribution is 5.93. The van der Waals surface area contributed by atoms with Gasteiger partial charge in [0.05, 0.1) is 12.1 Å². The number of nitrogens with one attached hydrogen (secondary N) is 2. The minimum Gasteiger partial charge on any atom is -0.391 e. The lowest BCUT2D eigenvalue weighted by Gasteiger charge is -2.26. The molecule has 5 rings (SSSR count). The molecule has 1 unspecified atom stereocenters. The zero-order valence-corrected chi connectivity index (χ0v) is 16.8. The summed E-state index contributed by atoms with van der Waals surface area (Å²) >= 11 is 0. The van der Waals surface area contributed by atoms with E-state index in [1.807, 2.05) is 5.32 Å². The van der Waals surface area contributed by atoms with E-state index in [2.05, 4.69) is 15.4 Å². The Balaban J connectivity index is 1.46. The second-order valence-electron chi connectivity index (χ2n) is 8.06. The van der Waals surface area contributed by atoms with Crippen LogP contribution in [0.4, 0.5) is 38.3 Å². The summed E-state index contributed by atoms with van der Waals surface area (Å²) in [7, 11) is 0. The Morgan fingerprint density at radius 3 is 2.70 bits per heavy atom. The van der Waals surface area contributed by atoms with Crippen LogP contribution < -0.4 is 15.5 Å². The largest absolute Gasteiger partial charge is 0.391 e. The summed E-state index contributed by atoms with van der Waals surface area (Å²) in [5, 5.41) is 18.0. The molecule has 13 heteroatoms. The summed E-state index contributed by atoms with van der Waals surface area (Å²) in [5.74, 6) is -5.21. The molecule has 0 bridgehead atoms. The highest BCUT2D eigenvalue weighted by Gasteiger charge is 2.58. The molecule has 2 amide bonds. The Hall–Kier alpha value is -3.48. The highest BCUT2D eigenvalue weighted by atomic mass is 19.3. The number of hydrogen-bond acceptors (Lipinski definition) is 5. The molecule has 2 aromatic heterocycles. The van der Waals surface area contributed by atoms with E-state index >= 15 is 0 Å². The lowest BCUT2D eigenvalue weighted by atomic mass is 10.0. The molecule has 3 atom stereocenters. The molecule has 0 spiro atoms. The Morgan fingerprint density at radius 2 is 1.97 bits per heavy atom. The van der Waals surface area contributed by atoms with E-state index in [1.165, 1.54) is 17.2 Å². The lowest BCUT2D eigenvalue weighted by molar-refractivity contribution is 0.108. The summed E-state index contributed by atoms with van der Waals surface area (Å²) < 4.78 is 69.6. The number of anilines is 2. The summed E-state index contributed by atoms with van der Waals surface area (Å²) in [5.41, 5.74) is -0.551. The number of amides is 2. The number of aliphatic hydroxyl groups excluding tert-OH is 1. The van der Waals surface area contributed by atoms with Gasteiger partial charge in [0.15, 0.2) is 5.65 Å². The smallest absolute Gasteiger partial charge is 0.319 e. The number of carbonyl (C=O) groups excluding carboxylic acids is 1. The molecular weight excluding hydrogens is 451 g/mol. The van der Waals surface area contributed by atoms with E-state index in [-0.39, 0.29) is 30.0 Å². The van der Waals surface area contributed by atoms with Gasteiger partial charge < -0.3 is 20.6 Å². The first-order chi connectivity index (χ1) is 15.6. The molecule has 1 aliphatic carbocycles. The molecule has 2 fully saturated rings. The van der Waals surface area contributed by atoms with Crippen molar-refractivity contribution in [1.82, 2.24) is 19.9 Å².